The minimum atomic E-state index is -2.69. The fraction of sp³-hybridized carbons (Fsp3) is 0.500. The quantitative estimate of drug-likeness (QED) is 0.259. The summed E-state index contributed by atoms with van der Waals surface area (Å²) in [6.45, 7) is 3.96. The van der Waals surface area contributed by atoms with Crippen LogP contribution < -0.4 is 4.74 Å². The van der Waals surface area contributed by atoms with Crippen molar-refractivity contribution in [2.45, 2.75) is 64.6 Å². The first-order valence-electron chi connectivity index (χ1n) is 12.6. The minimum absolute atomic E-state index is 0.139. The van der Waals surface area contributed by atoms with Crippen LogP contribution in [0, 0.1) is 0 Å². The number of carbonyl (C=O) groups excluding carboxylic acids is 1. The Morgan fingerprint density at radius 2 is 1.68 bits per heavy atom. The largest absolute Gasteiger partial charge is 0.492 e. The van der Waals surface area contributed by atoms with E-state index in [0.717, 1.165) is 18.1 Å². The van der Waals surface area contributed by atoms with Gasteiger partial charge in [0, 0.05) is 26.0 Å². The highest BCUT2D eigenvalue weighted by molar-refractivity contribution is 5.72. The van der Waals surface area contributed by atoms with Crippen LogP contribution in [-0.2, 0) is 27.3 Å². The number of rotatable bonds is 17. The van der Waals surface area contributed by atoms with Crippen LogP contribution >= 0.6 is 0 Å². The summed E-state index contributed by atoms with van der Waals surface area (Å²) in [6, 6.07) is 16.4. The number of hydrogen-bond donors (Lipinski definition) is 1. The van der Waals surface area contributed by atoms with Gasteiger partial charge in [-0.25, -0.2) is 18.4 Å². The Balaban J connectivity index is 1.87. The van der Waals surface area contributed by atoms with Crippen molar-refractivity contribution in [3.63, 3.8) is 0 Å². The molecule has 0 radical (unpaired) electrons. The molecule has 2 aromatic carbocycles. The van der Waals surface area contributed by atoms with Gasteiger partial charge in [0.25, 0.3) is 0 Å². The van der Waals surface area contributed by atoms with Crippen LogP contribution in [0.5, 0.6) is 5.75 Å². The van der Waals surface area contributed by atoms with E-state index >= 15 is 0 Å². The molecule has 0 aliphatic carbocycles. The molecule has 0 saturated carbocycles. The molecule has 0 saturated heterocycles. The number of aliphatic carboxylic acids is 1. The van der Waals surface area contributed by atoms with E-state index < -0.39 is 24.1 Å². The summed E-state index contributed by atoms with van der Waals surface area (Å²) in [5.41, 5.74) is 1.67. The summed E-state index contributed by atoms with van der Waals surface area (Å²) in [5.74, 6) is -3.12. The Kier molecular flexibility index (Phi) is 12.8. The third-order valence-electron chi connectivity index (χ3n) is 5.62. The zero-order valence-electron chi connectivity index (χ0n) is 21.5. The van der Waals surface area contributed by atoms with Crippen LogP contribution in [0.15, 0.2) is 54.6 Å². The van der Waals surface area contributed by atoms with E-state index in [1.165, 1.54) is 4.90 Å². The highest BCUT2D eigenvalue weighted by Gasteiger charge is 2.21. The molecule has 9 heteroatoms. The number of unbranched alkanes of at least 4 members (excludes halogenated alkanes) is 2. The van der Waals surface area contributed by atoms with Crippen LogP contribution in [0.25, 0.3) is 0 Å². The van der Waals surface area contributed by atoms with Gasteiger partial charge in [-0.2, -0.15) is 0 Å². The number of ether oxygens (including phenoxy) is 3. The second-order valence-corrected chi connectivity index (χ2v) is 8.89. The maximum Gasteiger partial charge on any atom is 0.410 e. The van der Waals surface area contributed by atoms with Gasteiger partial charge >= 0.3 is 12.1 Å². The third kappa shape index (κ3) is 12.5. The fourth-order valence-corrected chi connectivity index (χ4v) is 3.65. The van der Waals surface area contributed by atoms with Crippen LogP contribution in [0.4, 0.5) is 13.6 Å². The van der Waals surface area contributed by atoms with Crippen LogP contribution in [-0.4, -0.2) is 60.4 Å². The third-order valence-corrected chi connectivity index (χ3v) is 5.62. The molecule has 0 fully saturated rings. The molecule has 0 bridgehead atoms. The summed E-state index contributed by atoms with van der Waals surface area (Å²) >= 11 is 0. The first-order chi connectivity index (χ1) is 17.7. The first kappa shape index (κ1) is 30.0. The second kappa shape index (κ2) is 15.8. The van der Waals surface area contributed by atoms with Gasteiger partial charge in [0.1, 0.15) is 19.0 Å². The molecule has 0 aromatic heterocycles. The number of carboxylic acid groups (broad SMARTS) is 1. The average molecular weight is 522 g/mol. The number of carboxylic acids is 1. The van der Waals surface area contributed by atoms with Crippen molar-refractivity contribution in [3.05, 3.63) is 65.7 Å². The van der Waals surface area contributed by atoms with E-state index in [9.17, 15) is 23.5 Å². The van der Waals surface area contributed by atoms with Gasteiger partial charge in [0.2, 0.25) is 5.92 Å². The molecule has 0 heterocycles. The molecule has 0 spiro atoms. The molecule has 204 valence electrons. The van der Waals surface area contributed by atoms with Gasteiger partial charge in [0.05, 0.1) is 6.54 Å². The number of halogens is 2. The number of alkyl halides is 2. The van der Waals surface area contributed by atoms with Crippen molar-refractivity contribution in [1.29, 1.82) is 0 Å². The van der Waals surface area contributed by atoms with Crippen molar-refractivity contribution < 1.29 is 37.7 Å². The molecule has 37 heavy (non-hydrogen) atoms. The molecule has 1 N–H and O–H groups in total. The van der Waals surface area contributed by atoms with Crippen LogP contribution in [0.3, 0.4) is 0 Å². The number of amides is 1. The molecule has 2 aromatic rings. The minimum Gasteiger partial charge on any atom is -0.492 e. The van der Waals surface area contributed by atoms with E-state index in [1.807, 2.05) is 30.3 Å². The van der Waals surface area contributed by atoms with Crippen molar-refractivity contribution in [2.24, 2.45) is 0 Å². The van der Waals surface area contributed by atoms with Gasteiger partial charge in [0.15, 0.2) is 6.10 Å². The molecule has 0 aliphatic rings. The lowest BCUT2D eigenvalue weighted by Crippen LogP contribution is -2.36. The molecule has 1 atom stereocenters. The van der Waals surface area contributed by atoms with Crippen molar-refractivity contribution in [3.8, 4) is 5.75 Å². The second-order valence-electron chi connectivity index (χ2n) is 8.89. The number of carbonyl (C=O) groups is 2. The first-order valence-corrected chi connectivity index (χ1v) is 12.6. The zero-order valence-corrected chi connectivity index (χ0v) is 21.5. The van der Waals surface area contributed by atoms with Crippen molar-refractivity contribution >= 4 is 12.1 Å². The SMILES string of the molecule is CCOC(Cc1ccc(OCCN(CCCCCC(C)(F)F)C(=O)OCc2ccccc2)cc1)C(=O)O. The van der Waals surface area contributed by atoms with E-state index in [4.69, 9.17) is 14.2 Å². The number of nitrogens with zero attached hydrogens (tertiary/aromatic N) is 1. The topological polar surface area (TPSA) is 85.3 Å². The van der Waals surface area contributed by atoms with Gasteiger partial charge in [-0.05, 0) is 49.9 Å². The summed E-state index contributed by atoms with van der Waals surface area (Å²) in [6.07, 6.45) is 0.209. The van der Waals surface area contributed by atoms with E-state index in [2.05, 4.69) is 0 Å². The lowest BCUT2D eigenvalue weighted by molar-refractivity contribution is -0.149. The van der Waals surface area contributed by atoms with Crippen molar-refractivity contribution in [1.82, 2.24) is 4.90 Å². The Labute approximate surface area is 217 Å². The molecular weight excluding hydrogens is 484 g/mol. The maximum atomic E-state index is 13.0. The highest BCUT2D eigenvalue weighted by atomic mass is 19.3. The molecule has 1 unspecified atom stereocenters. The van der Waals surface area contributed by atoms with Crippen molar-refractivity contribution in [2.75, 3.05) is 26.3 Å². The zero-order chi connectivity index (χ0) is 27.1. The predicted octanol–water partition coefficient (Wildman–Crippen LogP) is 5.95. The molecule has 7 nitrogen and oxygen atoms in total. The average Bonchev–Trinajstić information content (AvgIpc) is 2.86. The molecule has 2 rings (SSSR count). The monoisotopic (exact) mass is 521 g/mol. The van der Waals surface area contributed by atoms with E-state index in [0.29, 0.717) is 38.2 Å². The maximum absolute atomic E-state index is 13.0. The van der Waals surface area contributed by atoms with Crippen LogP contribution in [0.2, 0.25) is 0 Å². The fourth-order valence-electron chi connectivity index (χ4n) is 3.65. The Bertz CT molecular complexity index is 934. The Morgan fingerprint density at radius 3 is 2.30 bits per heavy atom. The molecular formula is C28H37F2NO6. The van der Waals surface area contributed by atoms with Gasteiger partial charge in [-0.3, -0.25) is 0 Å². The van der Waals surface area contributed by atoms with Gasteiger partial charge in [-0.15, -0.1) is 0 Å². The van der Waals surface area contributed by atoms with E-state index in [-0.39, 0.29) is 32.6 Å². The van der Waals surface area contributed by atoms with E-state index in [1.54, 1.807) is 31.2 Å². The summed E-state index contributed by atoms with van der Waals surface area (Å²) in [5, 5.41) is 9.24. The predicted molar refractivity (Wildman–Crippen MR) is 136 cm³/mol. The number of benzene rings is 2. The molecule has 1 amide bonds. The smallest absolute Gasteiger partial charge is 0.410 e. The number of hydrogen-bond acceptors (Lipinski definition) is 5. The molecule has 0 aliphatic heterocycles. The lowest BCUT2D eigenvalue weighted by Gasteiger charge is -2.22. The standard InChI is InChI=1S/C28H37F2NO6/c1-3-35-25(26(32)33)20-22-12-14-24(15-13-22)36-19-18-31(17-9-5-8-16-28(2,29)30)27(34)37-21-23-10-6-4-7-11-23/h4,6-7,10-15,25H,3,5,8-9,16-21H2,1-2H3,(H,32,33). The lowest BCUT2D eigenvalue weighted by atomic mass is 10.1. The summed E-state index contributed by atoms with van der Waals surface area (Å²) < 4.78 is 42.6. The summed E-state index contributed by atoms with van der Waals surface area (Å²) in [7, 11) is 0. The van der Waals surface area contributed by atoms with Crippen LogP contribution in [0.1, 0.15) is 50.7 Å². The highest BCUT2D eigenvalue weighted by Crippen LogP contribution is 2.20. The van der Waals surface area contributed by atoms with Gasteiger partial charge < -0.3 is 24.2 Å². The Hall–Kier alpha value is -3.20. The summed E-state index contributed by atoms with van der Waals surface area (Å²) in [4.78, 5) is 25.5. The Morgan fingerprint density at radius 1 is 0.973 bits per heavy atom. The normalized spacial score (nSPS) is 12.1. The van der Waals surface area contributed by atoms with Gasteiger partial charge in [-0.1, -0.05) is 48.9 Å².